The van der Waals surface area contributed by atoms with Crippen LogP contribution in [-0.2, 0) is 16.1 Å². The minimum absolute atomic E-state index is 0.182. The summed E-state index contributed by atoms with van der Waals surface area (Å²) in [6, 6.07) is 9.09. The summed E-state index contributed by atoms with van der Waals surface area (Å²) in [5.74, 6) is 0. The summed E-state index contributed by atoms with van der Waals surface area (Å²) in [7, 11) is 0. The highest BCUT2D eigenvalue weighted by Crippen LogP contribution is 2.08. The monoisotopic (exact) mass is 324 g/mol. The van der Waals surface area contributed by atoms with Crippen LogP contribution >= 0.6 is 0 Å². The molecule has 23 heavy (non-hydrogen) atoms. The summed E-state index contributed by atoms with van der Waals surface area (Å²) in [4.78, 5) is 21.9. The van der Waals surface area contributed by atoms with Crippen molar-refractivity contribution in [2.45, 2.75) is 45.4 Å². The van der Waals surface area contributed by atoms with Gasteiger partial charge in [-0.1, -0.05) is 30.3 Å². The number of nitrogens with one attached hydrogen (secondary N) is 1. The largest absolute Gasteiger partial charge is 0.444 e. The van der Waals surface area contributed by atoms with Gasteiger partial charge in [0.2, 0.25) is 6.54 Å². The second-order valence-corrected chi connectivity index (χ2v) is 6.19. The number of hydrogen-bond acceptors (Lipinski definition) is 5. The van der Waals surface area contributed by atoms with Gasteiger partial charge in [0.15, 0.2) is 0 Å². The van der Waals surface area contributed by atoms with E-state index in [0.29, 0.717) is 6.61 Å². The van der Waals surface area contributed by atoms with Crippen molar-refractivity contribution in [2.24, 2.45) is 0 Å². The van der Waals surface area contributed by atoms with Crippen LogP contribution in [0.3, 0.4) is 0 Å². The van der Waals surface area contributed by atoms with Gasteiger partial charge < -0.3 is 14.8 Å². The first-order valence-corrected chi connectivity index (χ1v) is 7.49. The van der Waals surface area contributed by atoms with Crippen molar-refractivity contribution in [1.82, 2.24) is 5.32 Å². The Morgan fingerprint density at radius 3 is 2.52 bits per heavy atom. The van der Waals surface area contributed by atoms with Gasteiger partial charge in [-0.2, -0.15) is 0 Å². The third-order valence-electron chi connectivity index (χ3n) is 2.81. The van der Waals surface area contributed by atoms with Crippen molar-refractivity contribution in [3.05, 3.63) is 46.0 Å². The molecule has 1 atom stereocenters. The summed E-state index contributed by atoms with van der Waals surface area (Å²) < 4.78 is 10.7. The van der Waals surface area contributed by atoms with Crippen LogP contribution in [0.15, 0.2) is 30.3 Å². The molecule has 1 rings (SSSR count). The lowest BCUT2D eigenvalue weighted by molar-refractivity contribution is -0.481. The fraction of sp³-hybridized carbons (Fsp3) is 0.562. The molecule has 0 heterocycles. The molecule has 0 aliphatic rings. The summed E-state index contributed by atoms with van der Waals surface area (Å²) in [5.41, 5.74) is 0.376. The van der Waals surface area contributed by atoms with Crippen LogP contribution in [0.25, 0.3) is 0 Å². The Labute approximate surface area is 136 Å². The molecule has 0 aliphatic carbocycles. The molecule has 0 radical (unpaired) electrons. The van der Waals surface area contributed by atoms with E-state index in [4.69, 9.17) is 9.47 Å². The van der Waals surface area contributed by atoms with E-state index in [2.05, 4.69) is 5.32 Å². The van der Waals surface area contributed by atoms with Gasteiger partial charge in [0.25, 0.3) is 0 Å². The van der Waals surface area contributed by atoms with Crippen molar-refractivity contribution in [3.63, 3.8) is 0 Å². The van der Waals surface area contributed by atoms with Crippen LogP contribution < -0.4 is 5.32 Å². The van der Waals surface area contributed by atoms with Crippen molar-refractivity contribution in [1.29, 1.82) is 0 Å². The molecule has 0 aromatic heterocycles. The van der Waals surface area contributed by atoms with Gasteiger partial charge in [-0.05, 0) is 26.3 Å². The second-order valence-electron chi connectivity index (χ2n) is 6.19. The zero-order valence-corrected chi connectivity index (χ0v) is 13.8. The molecule has 0 saturated carbocycles. The van der Waals surface area contributed by atoms with Crippen molar-refractivity contribution in [2.75, 3.05) is 13.2 Å². The van der Waals surface area contributed by atoms with Gasteiger partial charge >= 0.3 is 6.09 Å². The smallest absolute Gasteiger partial charge is 0.407 e. The van der Waals surface area contributed by atoms with Gasteiger partial charge in [0.05, 0.1) is 19.3 Å². The molecular formula is C16H24N2O5. The average molecular weight is 324 g/mol. The molecule has 7 nitrogen and oxygen atoms in total. The number of rotatable bonds is 8. The first-order chi connectivity index (χ1) is 10.8. The quantitative estimate of drug-likeness (QED) is 0.586. The lowest BCUT2D eigenvalue weighted by Gasteiger charge is -2.23. The first kappa shape index (κ1) is 18.9. The number of amides is 1. The number of nitro groups is 1. The molecule has 0 fully saturated rings. The topological polar surface area (TPSA) is 90.7 Å². The molecule has 1 N–H and O–H groups in total. The van der Waals surface area contributed by atoms with E-state index in [9.17, 15) is 14.9 Å². The number of carbonyl (C=O) groups excluding carboxylic acids is 1. The van der Waals surface area contributed by atoms with E-state index in [0.717, 1.165) is 5.56 Å². The number of benzene rings is 1. The highest BCUT2D eigenvalue weighted by atomic mass is 16.6. The van der Waals surface area contributed by atoms with E-state index < -0.39 is 22.7 Å². The van der Waals surface area contributed by atoms with Crippen LogP contribution in [0.2, 0.25) is 0 Å². The maximum Gasteiger partial charge on any atom is 0.407 e. The third kappa shape index (κ3) is 9.46. The molecule has 0 aliphatic heterocycles. The summed E-state index contributed by atoms with van der Waals surface area (Å²) >= 11 is 0. The number of ether oxygens (including phenoxy) is 2. The Balaban J connectivity index is 2.47. The molecule has 0 saturated heterocycles. The molecule has 7 heteroatoms. The molecule has 0 spiro atoms. The predicted molar refractivity (Wildman–Crippen MR) is 85.7 cm³/mol. The van der Waals surface area contributed by atoms with Crippen molar-refractivity contribution >= 4 is 6.09 Å². The van der Waals surface area contributed by atoms with Gasteiger partial charge in [0.1, 0.15) is 5.60 Å². The highest BCUT2D eigenvalue weighted by Gasteiger charge is 2.20. The average Bonchev–Trinajstić information content (AvgIpc) is 2.43. The van der Waals surface area contributed by atoms with Crippen molar-refractivity contribution in [3.8, 4) is 0 Å². The van der Waals surface area contributed by atoms with Crippen LogP contribution in [0.5, 0.6) is 0 Å². The molecular weight excluding hydrogens is 300 g/mol. The zero-order chi connectivity index (χ0) is 17.3. The van der Waals surface area contributed by atoms with E-state index in [1.807, 2.05) is 30.3 Å². The molecule has 0 bridgehead atoms. The minimum Gasteiger partial charge on any atom is -0.444 e. The van der Waals surface area contributed by atoms with Gasteiger partial charge in [-0.3, -0.25) is 10.1 Å². The van der Waals surface area contributed by atoms with E-state index >= 15 is 0 Å². The predicted octanol–water partition coefficient (Wildman–Crippen LogP) is 2.76. The lowest BCUT2D eigenvalue weighted by Crippen LogP contribution is -2.42. The highest BCUT2D eigenvalue weighted by molar-refractivity contribution is 5.68. The van der Waals surface area contributed by atoms with Crippen LogP contribution in [0.4, 0.5) is 4.79 Å². The number of carbonyl (C=O) groups is 1. The van der Waals surface area contributed by atoms with Crippen molar-refractivity contribution < 1.29 is 19.2 Å². The summed E-state index contributed by atoms with van der Waals surface area (Å²) in [5, 5.41) is 13.2. The summed E-state index contributed by atoms with van der Waals surface area (Å²) in [6.07, 6.45) is -0.421. The maximum atomic E-state index is 11.8. The maximum absolute atomic E-state index is 11.8. The van der Waals surface area contributed by atoms with Crippen LogP contribution in [0, 0.1) is 10.1 Å². The zero-order valence-electron chi connectivity index (χ0n) is 13.8. The van der Waals surface area contributed by atoms with Crippen LogP contribution in [-0.4, -0.2) is 35.8 Å². The standard InChI is InChI=1S/C16H24N2O5/c1-16(2,3)23-15(19)17-14(9-10-18(20)21)12-22-11-13-7-5-4-6-8-13/h4-8,14H,9-12H2,1-3H3,(H,17,19). The fourth-order valence-corrected chi connectivity index (χ4v) is 1.83. The lowest BCUT2D eigenvalue weighted by atomic mass is 10.2. The first-order valence-electron chi connectivity index (χ1n) is 7.49. The Bertz CT molecular complexity index is 499. The molecule has 128 valence electrons. The Morgan fingerprint density at radius 1 is 1.30 bits per heavy atom. The van der Waals surface area contributed by atoms with Crippen LogP contribution in [0.1, 0.15) is 32.8 Å². The molecule has 1 aromatic rings. The number of alkyl carbamates (subject to hydrolysis) is 1. The normalized spacial score (nSPS) is 12.5. The van der Waals surface area contributed by atoms with Gasteiger partial charge in [-0.15, -0.1) is 0 Å². The fourth-order valence-electron chi connectivity index (χ4n) is 1.83. The third-order valence-corrected chi connectivity index (χ3v) is 2.81. The van der Waals surface area contributed by atoms with E-state index in [-0.39, 0.29) is 19.6 Å². The Hall–Kier alpha value is -2.15. The van der Waals surface area contributed by atoms with Gasteiger partial charge in [0, 0.05) is 11.3 Å². The second kappa shape index (κ2) is 9.09. The molecule has 1 unspecified atom stereocenters. The summed E-state index contributed by atoms with van der Waals surface area (Å²) in [6.45, 7) is 5.59. The van der Waals surface area contributed by atoms with Gasteiger partial charge in [-0.25, -0.2) is 4.79 Å². The Kier molecular flexibility index (Phi) is 7.47. The van der Waals surface area contributed by atoms with E-state index in [1.165, 1.54) is 0 Å². The SMILES string of the molecule is CC(C)(C)OC(=O)NC(CC[N+](=O)[O-])COCc1ccccc1. The molecule has 1 aromatic carbocycles. The number of nitrogens with zero attached hydrogens (tertiary/aromatic N) is 1. The van der Waals surface area contributed by atoms with E-state index in [1.54, 1.807) is 20.8 Å². The Morgan fingerprint density at radius 2 is 1.96 bits per heavy atom. The molecule has 1 amide bonds. The minimum atomic E-state index is -0.622. The number of hydrogen-bond donors (Lipinski definition) is 1.